The van der Waals surface area contributed by atoms with E-state index < -0.39 is 10.0 Å². The lowest BCUT2D eigenvalue weighted by Crippen LogP contribution is -2.17. The molecule has 0 saturated heterocycles. The summed E-state index contributed by atoms with van der Waals surface area (Å²) in [6, 6.07) is 3.39. The molecule has 1 N–H and O–H groups in total. The summed E-state index contributed by atoms with van der Waals surface area (Å²) in [5.41, 5.74) is 0. The van der Waals surface area contributed by atoms with E-state index in [0.717, 1.165) is 4.88 Å². The molecule has 0 unspecified atom stereocenters. The first kappa shape index (κ1) is 8.70. The van der Waals surface area contributed by atoms with Crippen LogP contribution in [-0.4, -0.2) is 15.5 Å². The Bertz CT molecular complexity index is 339. The van der Waals surface area contributed by atoms with E-state index in [1.807, 2.05) is 6.92 Å². The van der Waals surface area contributed by atoms with Crippen molar-refractivity contribution in [3.8, 4) is 0 Å². The Morgan fingerprint density at radius 2 is 2.09 bits per heavy atom. The summed E-state index contributed by atoms with van der Waals surface area (Å²) in [5.74, 6) is 0. The highest BCUT2D eigenvalue weighted by molar-refractivity contribution is 7.91. The van der Waals surface area contributed by atoms with Crippen molar-refractivity contribution >= 4 is 21.4 Å². The minimum absolute atomic E-state index is 0.373. The van der Waals surface area contributed by atoms with Gasteiger partial charge in [0.25, 0.3) is 0 Å². The Kier molecular flexibility index (Phi) is 2.31. The first-order valence-corrected chi connectivity index (χ1v) is 5.36. The third-order valence-corrected chi connectivity index (χ3v) is 4.16. The fourth-order valence-corrected chi connectivity index (χ4v) is 2.78. The zero-order valence-electron chi connectivity index (χ0n) is 6.29. The van der Waals surface area contributed by atoms with Crippen LogP contribution in [0.3, 0.4) is 0 Å². The molecule has 0 spiro atoms. The quantitative estimate of drug-likeness (QED) is 0.757. The van der Waals surface area contributed by atoms with Gasteiger partial charge in [-0.3, -0.25) is 0 Å². The average molecular weight is 191 g/mol. The van der Waals surface area contributed by atoms with Crippen LogP contribution in [0.25, 0.3) is 0 Å². The van der Waals surface area contributed by atoms with E-state index in [9.17, 15) is 8.42 Å². The van der Waals surface area contributed by atoms with Gasteiger partial charge in [-0.1, -0.05) is 0 Å². The third-order valence-electron chi connectivity index (χ3n) is 1.25. The van der Waals surface area contributed by atoms with Crippen LogP contribution in [-0.2, 0) is 10.0 Å². The third kappa shape index (κ3) is 1.79. The molecular formula is C6H9NO2S2. The van der Waals surface area contributed by atoms with Gasteiger partial charge < -0.3 is 0 Å². The second-order valence-electron chi connectivity index (χ2n) is 2.07. The van der Waals surface area contributed by atoms with Gasteiger partial charge in [0.1, 0.15) is 4.21 Å². The average Bonchev–Trinajstić information content (AvgIpc) is 2.36. The molecule has 0 aliphatic heterocycles. The molecule has 5 heteroatoms. The predicted molar refractivity (Wildman–Crippen MR) is 45.3 cm³/mol. The van der Waals surface area contributed by atoms with Gasteiger partial charge in [-0.2, -0.15) is 0 Å². The lowest BCUT2D eigenvalue weighted by molar-refractivity contribution is 0.590. The highest BCUT2D eigenvalue weighted by Gasteiger charge is 2.12. The van der Waals surface area contributed by atoms with E-state index >= 15 is 0 Å². The summed E-state index contributed by atoms with van der Waals surface area (Å²) in [5, 5.41) is 0. The standard InChI is InChI=1S/C6H9NO2S2/c1-5-3-4-6(10-5)11(8,9)7-2/h3-4,7H,1-2H3. The van der Waals surface area contributed by atoms with E-state index in [4.69, 9.17) is 0 Å². The molecule has 0 bridgehead atoms. The highest BCUT2D eigenvalue weighted by Crippen LogP contribution is 2.19. The molecule has 0 fully saturated rings. The van der Waals surface area contributed by atoms with Crippen molar-refractivity contribution in [2.75, 3.05) is 7.05 Å². The van der Waals surface area contributed by atoms with Crippen molar-refractivity contribution in [3.05, 3.63) is 17.0 Å². The minimum atomic E-state index is -3.21. The molecule has 0 amide bonds. The van der Waals surface area contributed by atoms with Crippen molar-refractivity contribution in [1.82, 2.24) is 4.72 Å². The summed E-state index contributed by atoms with van der Waals surface area (Å²) < 4.78 is 24.9. The molecule has 0 saturated carbocycles. The normalized spacial score (nSPS) is 11.8. The maximum absolute atomic E-state index is 11.1. The number of sulfonamides is 1. The number of rotatable bonds is 2. The van der Waals surface area contributed by atoms with Gasteiger partial charge in [-0.05, 0) is 26.1 Å². The zero-order chi connectivity index (χ0) is 8.48. The first-order chi connectivity index (χ1) is 5.06. The second-order valence-corrected chi connectivity index (χ2v) is 5.47. The number of aryl methyl sites for hydroxylation is 1. The fourth-order valence-electron chi connectivity index (χ4n) is 0.657. The summed E-state index contributed by atoms with van der Waals surface area (Å²) >= 11 is 1.27. The van der Waals surface area contributed by atoms with Gasteiger partial charge in [-0.15, -0.1) is 11.3 Å². The SMILES string of the molecule is CNS(=O)(=O)c1ccc(C)s1. The van der Waals surface area contributed by atoms with E-state index in [2.05, 4.69) is 4.72 Å². The molecule has 1 rings (SSSR count). The van der Waals surface area contributed by atoms with Gasteiger partial charge in [-0.25, -0.2) is 13.1 Å². The maximum atomic E-state index is 11.1. The summed E-state index contributed by atoms with van der Waals surface area (Å²) in [6.45, 7) is 1.87. The molecule has 0 atom stereocenters. The second kappa shape index (κ2) is 2.92. The molecule has 0 radical (unpaired) electrons. The lowest BCUT2D eigenvalue weighted by atomic mass is 10.5. The van der Waals surface area contributed by atoms with Crippen LogP contribution in [0.2, 0.25) is 0 Å². The van der Waals surface area contributed by atoms with Crippen LogP contribution >= 0.6 is 11.3 Å². The van der Waals surface area contributed by atoms with E-state index in [1.54, 1.807) is 12.1 Å². The van der Waals surface area contributed by atoms with Crippen LogP contribution < -0.4 is 4.72 Å². The van der Waals surface area contributed by atoms with Crippen molar-refractivity contribution in [3.63, 3.8) is 0 Å². The Morgan fingerprint density at radius 1 is 1.45 bits per heavy atom. The zero-order valence-corrected chi connectivity index (χ0v) is 7.92. The van der Waals surface area contributed by atoms with Crippen molar-refractivity contribution < 1.29 is 8.42 Å². The number of thiophene rings is 1. The Hall–Kier alpha value is -0.390. The molecule has 1 aromatic rings. The Balaban J connectivity index is 3.13. The van der Waals surface area contributed by atoms with E-state index in [0.29, 0.717) is 4.21 Å². The Labute approximate surface area is 70.1 Å². The van der Waals surface area contributed by atoms with Crippen molar-refractivity contribution in [1.29, 1.82) is 0 Å². The summed E-state index contributed by atoms with van der Waals surface area (Å²) in [7, 11) is -1.80. The Morgan fingerprint density at radius 3 is 2.45 bits per heavy atom. The largest absolute Gasteiger partial charge is 0.249 e. The topological polar surface area (TPSA) is 46.2 Å². The smallest absolute Gasteiger partial charge is 0.214 e. The van der Waals surface area contributed by atoms with Gasteiger partial charge in [0.2, 0.25) is 10.0 Å². The predicted octanol–water partition coefficient (Wildman–Crippen LogP) is 0.965. The molecule has 0 aromatic carbocycles. The monoisotopic (exact) mass is 191 g/mol. The number of hydrogen-bond acceptors (Lipinski definition) is 3. The number of hydrogen-bond donors (Lipinski definition) is 1. The summed E-state index contributed by atoms with van der Waals surface area (Å²) in [6.07, 6.45) is 0. The fraction of sp³-hybridized carbons (Fsp3) is 0.333. The van der Waals surface area contributed by atoms with Gasteiger partial charge in [0, 0.05) is 4.88 Å². The lowest BCUT2D eigenvalue weighted by Gasteiger charge is -1.95. The molecule has 0 aliphatic rings. The molecular weight excluding hydrogens is 182 g/mol. The molecule has 0 aliphatic carbocycles. The van der Waals surface area contributed by atoms with Gasteiger partial charge in [0.05, 0.1) is 0 Å². The van der Waals surface area contributed by atoms with Crippen molar-refractivity contribution in [2.24, 2.45) is 0 Å². The van der Waals surface area contributed by atoms with Gasteiger partial charge in [0.15, 0.2) is 0 Å². The van der Waals surface area contributed by atoms with Crippen LogP contribution in [0, 0.1) is 6.92 Å². The molecule has 3 nitrogen and oxygen atoms in total. The van der Waals surface area contributed by atoms with Crippen molar-refractivity contribution in [2.45, 2.75) is 11.1 Å². The van der Waals surface area contributed by atoms with E-state index in [-0.39, 0.29) is 0 Å². The molecule has 1 heterocycles. The van der Waals surface area contributed by atoms with Crippen LogP contribution in [0.15, 0.2) is 16.3 Å². The maximum Gasteiger partial charge on any atom is 0.249 e. The van der Waals surface area contributed by atoms with Gasteiger partial charge >= 0.3 is 0 Å². The highest BCUT2D eigenvalue weighted by atomic mass is 32.2. The summed E-state index contributed by atoms with van der Waals surface area (Å²) in [4.78, 5) is 0.999. The minimum Gasteiger partial charge on any atom is -0.214 e. The molecule has 11 heavy (non-hydrogen) atoms. The van der Waals surface area contributed by atoms with Crippen LogP contribution in [0.5, 0.6) is 0 Å². The molecule has 62 valence electrons. The number of nitrogens with one attached hydrogen (secondary N) is 1. The van der Waals surface area contributed by atoms with Crippen LogP contribution in [0.1, 0.15) is 4.88 Å². The van der Waals surface area contributed by atoms with Crippen LogP contribution in [0.4, 0.5) is 0 Å². The van der Waals surface area contributed by atoms with E-state index in [1.165, 1.54) is 18.4 Å². The molecule has 1 aromatic heterocycles. The first-order valence-electron chi connectivity index (χ1n) is 3.06.